The highest BCUT2D eigenvalue weighted by molar-refractivity contribution is 14.0. The number of piperazine rings is 1. The molecule has 0 aliphatic carbocycles. The standard InChI is InChI=1S/C22H32N6O2.HI/c1-5-30-20-15-18(6-7-19(20)29-4)26-22(23-2)25-16-17-8-9-24-21(14-17)28-12-10-27(3)11-13-28;/h6-9,14-15H,5,10-13,16H2,1-4H3,(H2,23,25,26);1H. The summed E-state index contributed by atoms with van der Waals surface area (Å²) in [5, 5.41) is 6.67. The van der Waals surface area contributed by atoms with E-state index in [1.807, 2.05) is 37.4 Å². The van der Waals surface area contributed by atoms with Gasteiger partial charge in [-0.25, -0.2) is 4.98 Å². The molecule has 9 heteroatoms. The molecule has 2 N–H and O–H groups in total. The molecule has 2 heterocycles. The minimum Gasteiger partial charge on any atom is -0.493 e. The molecule has 31 heavy (non-hydrogen) atoms. The van der Waals surface area contributed by atoms with Crippen LogP contribution in [0.5, 0.6) is 11.5 Å². The number of hydrogen-bond acceptors (Lipinski definition) is 6. The summed E-state index contributed by atoms with van der Waals surface area (Å²) in [5.41, 5.74) is 2.03. The molecule has 8 nitrogen and oxygen atoms in total. The third-order valence-corrected chi connectivity index (χ3v) is 5.05. The van der Waals surface area contributed by atoms with Crippen LogP contribution >= 0.6 is 24.0 Å². The maximum Gasteiger partial charge on any atom is 0.195 e. The Morgan fingerprint density at radius 2 is 1.90 bits per heavy atom. The van der Waals surface area contributed by atoms with E-state index in [0.29, 0.717) is 30.6 Å². The molecule has 170 valence electrons. The van der Waals surface area contributed by atoms with Crippen LogP contribution in [0.4, 0.5) is 11.5 Å². The fraction of sp³-hybridized carbons (Fsp3) is 0.455. The lowest BCUT2D eigenvalue weighted by Crippen LogP contribution is -2.44. The summed E-state index contributed by atoms with van der Waals surface area (Å²) in [7, 11) is 5.55. The fourth-order valence-electron chi connectivity index (χ4n) is 3.30. The number of ether oxygens (including phenoxy) is 2. The molecule has 1 aliphatic rings. The number of halogens is 1. The molecule has 0 amide bonds. The minimum absolute atomic E-state index is 0. The average molecular weight is 540 g/mol. The molecule has 3 rings (SSSR count). The van der Waals surface area contributed by atoms with Gasteiger partial charge in [-0.1, -0.05) is 0 Å². The van der Waals surface area contributed by atoms with Crippen LogP contribution in [0.15, 0.2) is 41.5 Å². The second kappa shape index (κ2) is 12.6. The molecule has 1 aromatic heterocycles. The number of guanidine groups is 1. The van der Waals surface area contributed by atoms with Gasteiger partial charge < -0.3 is 29.9 Å². The molecule has 0 unspecified atom stereocenters. The van der Waals surface area contributed by atoms with Crippen molar-refractivity contribution in [3.05, 3.63) is 42.1 Å². The molecule has 1 aromatic carbocycles. The molecule has 1 saturated heterocycles. The average Bonchev–Trinajstić information content (AvgIpc) is 2.78. The summed E-state index contributed by atoms with van der Waals surface area (Å²) < 4.78 is 11.0. The zero-order valence-electron chi connectivity index (χ0n) is 18.7. The highest BCUT2D eigenvalue weighted by Crippen LogP contribution is 2.30. The van der Waals surface area contributed by atoms with Gasteiger partial charge in [0.05, 0.1) is 13.7 Å². The lowest BCUT2D eigenvalue weighted by Gasteiger charge is -2.33. The van der Waals surface area contributed by atoms with Crippen LogP contribution < -0.4 is 25.0 Å². The minimum atomic E-state index is 0. The van der Waals surface area contributed by atoms with E-state index in [-0.39, 0.29) is 24.0 Å². The van der Waals surface area contributed by atoms with Crippen molar-refractivity contribution in [2.45, 2.75) is 13.5 Å². The number of likely N-dealkylation sites (N-methyl/N-ethyl adjacent to an activating group) is 1. The van der Waals surface area contributed by atoms with E-state index in [9.17, 15) is 0 Å². The molecule has 0 saturated carbocycles. The number of rotatable bonds is 7. The molecule has 0 bridgehead atoms. The molecule has 0 radical (unpaired) electrons. The van der Waals surface area contributed by atoms with Gasteiger partial charge in [0.25, 0.3) is 0 Å². The summed E-state index contributed by atoms with van der Waals surface area (Å²) in [6.45, 7) is 7.30. The largest absolute Gasteiger partial charge is 0.493 e. The third-order valence-electron chi connectivity index (χ3n) is 5.05. The van der Waals surface area contributed by atoms with Gasteiger partial charge in [-0.15, -0.1) is 24.0 Å². The second-order valence-electron chi connectivity index (χ2n) is 7.16. The van der Waals surface area contributed by atoms with Crippen molar-refractivity contribution in [3.63, 3.8) is 0 Å². The Morgan fingerprint density at radius 3 is 2.58 bits per heavy atom. The SMILES string of the molecule is CCOc1cc(NC(=NC)NCc2ccnc(N3CCN(C)CC3)c2)ccc1OC.I. The van der Waals surface area contributed by atoms with Gasteiger partial charge in [0.1, 0.15) is 5.82 Å². The predicted octanol–water partition coefficient (Wildman–Crippen LogP) is 3.05. The van der Waals surface area contributed by atoms with Crippen LogP contribution in [-0.2, 0) is 6.54 Å². The second-order valence-corrected chi connectivity index (χ2v) is 7.16. The number of pyridine rings is 1. The summed E-state index contributed by atoms with van der Waals surface area (Å²) >= 11 is 0. The summed E-state index contributed by atoms with van der Waals surface area (Å²) in [6.07, 6.45) is 1.87. The number of methoxy groups -OCH3 is 1. The van der Waals surface area contributed by atoms with Crippen molar-refractivity contribution < 1.29 is 9.47 Å². The predicted molar refractivity (Wildman–Crippen MR) is 137 cm³/mol. The maximum atomic E-state index is 5.65. The first-order valence-corrected chi connectivity index (χ1v) is 10.3. The van der Waals surface area contributed by atoms with E-state index in [2.05, 4.69) is 43.5 Å². The number of hydrogen-bond donors (Lipinski definition) is 2. The molecule has 1 aliphatic heterocycles. The number of aromatic nitrogens is 1. The van der Waals surface area contributed by atoms with Crippen molar-refractivity contribution in [1.29, 1.82) is 0 Å². The van der Waals surface area contributed by atoms with Gasteiger partial charge in [0.15, 0.2) is 17.5 Å². The van der Waals surface area contributed by atoms with Gasteiger partial charge in [0.2, 0.25) is 0 Å². The quantitative estimate of drug-likeness (QED) is 0.318. The summed E-state index contributed by atoms with van der Waals surface area (Å²) in [5.74, 6) is 3.12. The van der Waals surface area contributed by atoms with E-state index in [1.165, 1.54) is 0 Å². The Kier molecular flexibility index (Phi) is 10.1. The third kappa shape index (κ3) is 7.13. The van der Waals surface area contributed by atoms with Gasteiger partial charge in [-0.3, -0.25) is 4.99 Å². The number of anilines is 2. The Bertz CT molecular complexity index is 856. The number of benzene rings is 1. The zero-order valence-corrected chi connectivity index (χ0v) is 21.1. The van der Waals surface area contributed by atoms with Crippen molar-refractivity contribution >= 4 is 41.4 Å². The first-order valence-electron chi connectivity index (χ1n) is 10.3. The Labute approximate surface area is 202 Å². The molecular formula is C22H33IN6O2. The Morgan fingerprint density at radius 1 is 1.13 bits per heavy atom. The lowest BCUT2D eigenvalue weighted by molar-refractivity contribution is 0.311. The topological polar surface area (TPSA) is 74.2 Å². The van der Waals surface area contributed by atoms with E-state index < -0.39 is 0 Å². The van der Waals surface area contributed by atoms with E-state index in [0.717, 1.165) is 43.2 Å². The zero-order chi connectivity index (χ0) is 21.3. The van der Waals surface area contributed by atoms with Crippen LogP contribution in [0.3, 0.4) is 0 Å². The first-order chi connectivity index (χ1) is 14.6. The first kappa shape index (κ1) is 25.0. The van der Waals surface area contributed by atoms with Gasteiger partial charge in [-0.05, 0) is 43.8 Å². The summed E-state index contributed by atoms with van der Waals surface area (Å²) in [4.78, 5) is 13.6. The smallest absolute Gasteiger partial charge is 0.195 e. The van der Waals surface area contributed by atoms with Crippen molar-refractivity contribution in [2.75, 3.05) is 64.2 Å². The number of aliphatic imine (C=N–C) groups is 1. The van der Waals surface area contributed by atoms with Crippen LogP contribution in [0, 0.1) is 0 Å². The molecule has 0 spiro atoms. The fourth-order valence-corrected chi connectivity index (χ4v) is 3.30. The number of nitrogens with zero attached hydrogens (tertiary/aromatic N) is 4. The van der Waals surface area contributed by atoms with E-state index in [4.69, 9.17) is 9.47 Å². The number of nitrogens with one attached hydrogen (secondary N) is 2. The normalized spacial score (nSPS) is 14.6. The van der Waals surface area contributed by atoms with Gasteiger partial charge in [-0.2, -0.15) is 0 Å². The highest BCUT2D eigenvalue weighted by atomic mass is 127. The molecule has 1 fully saturated rings. The summed E-state index contributed by atoms with van der Waals surface area (Å²) in [6, 6.07) is 9.90. The maximum absolute atomic E-state index is 5.65. The van der Waals surface area contributed by atoms with Gasteiger partial charge >= 0.3 is 0 Å². The monoisotopic (exact) mass is 540 g/mol. The van der Waals surface area contributed by atoms with Crippen LogP contribution in [0.25, 0.3) is 0 Å². The van der Waals surface area contributed by atoms with Crippen LogP contribution in [0.2, 0.25) is 0 Å². The molecule has 2 aromatic rings. The van der Waals surface area contributed by atoms with E-state index >= 15 is 0 Å². The Hall–Kier alpha value is -2.27. The molecular weight excluding hydrogens is 507 g/mol. The lowest BCUT2D eigenvalue weighted by atomic mass is 10.2. The van der Waals surface area contributed by atoms with Crippen LogP contribution in [-0.4, -0.2) is 69.8 Å². The van der Waals surface area contributed by atoms with Crippen molar-refractivity contribution in [3.8, 4) is 11.5 Å². The van der Waals surface area contributed by atoms with E-state index in [1.54, 1.807) is 14.2 Å². The Balaban J connectivity index is 0.00000341. The molecule has 0 atom stereocenters. The van der Waals surface area contributed by atoms with Crippen molar-refractivity contribution in [2.24, 2.45) is 4.99 Å². The highest BCUT2D eigenvalue weighted by Gasteiger charge is 2.15. The van der Waals surface area contributed by atoms with Gasteiger partial charge in [0, 0.05) is 57.7 Å². The van der Waals surface area contributed by atoms with Crippen LogP contribution in [0.1, 0.15) is 12.5 Å². The van der Waals surface area contributed by atoms with Crippen molar-refractivity contribution in [1.82, 2.24) is 15.2 Å².